The lowest BCUT2D eigenvalue weighted by Gasteiger charge is -2.44. The summed E-state index contributed by atoms with van der Waals surface area (Å²) in [7, 11) is 0. The van der Waals surface area contributed by atoms with E-state index in [0.717, 1.165) is 41.3 Å². The van der Waals surface area contributed by atoms with Gasteiger partial charge in [0.2, 0.25) is 0 Å². The minimum Gasteiger partial charge on any atom is -0.335 e. The van der Waals surface area contributed by atoms with Crippen LogP contribution in [0.25, 0.3) is 10.8 Å². The van der Waals surface area contributed by atoms with Gasteiger partial charge >= 0.3 is 0 Å². The van der Waals surface area contributed by atoms with E-state index >= 15 is 0 Å². The highest BCUT2D eigenvalue weighted by Gasteiger charge is 2.43. The Bertz CT molecular complexity index is 763. The summed E-state index contributed by atoms with van der Waals surface area (Å²) in [6.45, 7) is 4.35. The molecule has 1 aliphatic carbocycles. The molecule has 0 radical (unpaired) electrons. The summed E-state index contributed by atoms with van der Waals surface area (Å²) in [6.07, 6.45) is 4.28. The van der Waals surface area contributed by atoms with E-state index in [2.05, 4.69) is 23.1 Å². The summed E-state index contributed by atoms with van der Waals surface area (Å²) >= 11 is 0. The molecular formula is C21H24N2O. The molecular weight excluding hydrogens is 296 g/mol. The van der Waals surface area contributed by atoms with Crippen LogP contribution in [0.15, 0.2) is 42.5 Å². The number of carbonyl (C=O) groups is 1. The Hall–Kier alpha value is -1.87. The summed E-state index contributed by atoms with van der Waals surface area (Å²) in [6, 6.07) is 14.8. The summed E-state index contributed by atoms with van der Waals surface area (Å²) in [4.78, 5) is 17.6. The van der Waals surface area contributed by atoms with Crippen LogP contribution >= 0.6 is 0 Å². The SMILES string of the molecule is O=C(c1cccc2ccccc12)N1CC(N2CC3CCCC3C2)C1. The topological polar surface area (TPSA) is 23.6 Å². The van der Waals surface area contributed by atoms with Crippen LogP contribution in [-0.2, 0) is 0 Å². The van der Waals surface area contributed by atoms with E-state index in [1.165, 1.54) is 32.4 Å². The van der Waals surface area contributed by atoms with Gasteiger partial charge in [-0.15, -0.1) is 0 Å². The summed E-state index contributed by atoms with van der Waals surface area (Å²) < 4.78 is 0. The lowest BCUT2D eigenvalue weighted by Crippen LogP contribution is -2.60. The van der Waals surface area contributed by atoms with Gasteiger partial charge in [-0.3, -0.25) is 9.69 Å². The first-order valence-electron chi connectivity index (χ1n) is 9.31. The molecule has 2 aliphatic heterocycles. The minimum absolute atomic E-state index is 0.197. The van der Waals surface area contributed by atoms with Crippen molar-refractivity contribution in [3.8, 4) is 0 Å². The monoisotopic (exact) mass is 320 g/mol. The van der Waals surface area contributed by atoms with Crippen molar-refractivity contribution < 1.29 is 4.79 Å². The van der Waals surface area contributed by atoms with E-state index in [0.29, 0.717) is 6.04 Å². The Morgan fingerprint density at radius 2 is 1.58 bits per heavy atom. The van der Waals surface area contributed by atoms with Crippen molar-refractivity contribution in [3.63, 3.8) is 0 Å². The molecule has 124 valence electrons. The molecule has 0 aromatic heterocycles. The molecule has 5 rings (SSSR count). The molecule has 3 aliphatic rings. The number of rotatable bonds is 2. The number of hydrogen-bond donors (Lipinski definition) is 0. The average Bonchev–Trinajstić information content (AvgIpc) is 3.14. The van der Waals surface area contributed by atoms with E-state index < -0.39 is 0 Å². The zero-order valence-corrected chi connectivity index (χ0v) is 14.0. The quantitative estimate of drug-likeness (QED) is 0.847. The van der Waals surface area contributed by atoms with Crippen LogP contribution in [0.2, 0.25) is 0 Å². The molecule has 2 heterocycles. The van der Waals surface area contributed by atoms with Crippen LogP contribution in [0.4, 0.5) is 0 Å². The van der Waals surface area contributed by atoms with E-state index in [1.807, 2.05) is 29.2 Å². The number of likely N-dealkylation sites (tertiary alicyclic amines) is 2. The highest BCUT2D eigenvalue weighted by Crippen LogP contribution is 2.39. The van der Waals surface area contributed by atoms with Crippen LogP contribution in [0.5, 0.6) is 0 Å². The van der Waals surface area contributed by atoms with Crippen molar-refractivity contribution in [3.05, 3.63) is 48.0 Å². The number of fused-ring (bicyclic) bond motifs is 2. The second-order valence-corrected chi connectivity index (χ2v) is 7.80. The molecule has 3 fully saturated rings. The molecule has 1 amide bonds. The number of nitrogens with zero attached hydrogens (tertiary/aromatic N) is 2. The van der Waals surface area contributed by atoms with Gasteiger partial charge in [0.25, 0.3) is 5.91 Å². The first kappa shape index (κ1) is 14.5. The molecule has 24 heavy (non-hydrogen) atoms. The minimum atomic E-state index is 0.197. The van der Waals surface area contributed by atoms with Crippen molar-refractivity contribution >= 4 is 16.7 Å². The van der Waals surface area contributed by atoms with Crippen molar-refractivity contribution in [2.75, 3.05) is 26.2 Å². The van der Waals surface area contributed by atoms with Crippen LogP contribution in [-0.4, -0.2) is 47.9 Å². The molecule has 3 nitrogen and oxygen atoms in total. The van der Waals surface area contributed by atoms with E-state index in [1.54, 1.807) is 0 Å². The highest BCUT2D eigenvalue weighted by atomic mass is 16.2. The van der Waals surface area contributed by atoms with Gasteiger partial charge in [-0.1, -0.05) is 42.8 Å². The fourth-order valence-electron chi connectivity index (χ4n) is 5.00. The smallest absolute Gasteiger partial charge is 0.254 e. The number of hydrogen-bond acceptors (Lipinski definition) is 2. The molecule has 2 aromatic rings. The number of benzene rings is 2. The second-order valence-electron chi connectivity index (χ2n) is 7.80. The average molecular weight is 320 g/mol. The van der Waals surface area contributed by atoms with E-state index in [9.17, 15) is 4.79 Å². The first-order chi connectivity index (χ1) is 11.8. The molecule has 2 saturated heterocycles. The van der Waals surface area contributed by atoms with Gasteiger partial charge in [0.05, 0.1) is 0 Å². The van der Waals surface area contributed by atoms with Crippen LogP contribution in [0, 0.1) is 11.8 Å². The van der Waals surface area contributed by atoms with Gasteiger partial charge in [0.15, 0.2) is 0 Å². The Labute approximate surface area is 143 Å². The van der Waals surface area contributed by atoms with E-state index in [-0.39, 0.29) is 5.91 Å². The zero-order valence-electron chi connectivity index (χ0n) is 14.0. The van der Waals surface area contributed by atoms with Gasteiger partial charge in [-0.25, -0.2) is 0 Å². The van der Waals surface area contributed by atoms with Gasteiger partial charge in [-0.2, -0.15) is 0 Å². The third-order valence-electron chi connectivity index (χ3n) is 6.44. The Morgan fingerprint density at radius 3 is 2.38 bits per heavy atom. The van der Waals surface area contributed by atoms with Crippen LogP contribution in [0.3, 0.4) is 0 Å². The first-order valence-corrected chi connectivity index (χ1v) is 9.31. The van der Waals surface area contributed by atoms with Crippen molar-refractivity contribution in [2.45, 2.75) is 25.3 Å². The largest absolute Gasteiger partial charge is 0.335 e. The lowest BCUT2D eigenvalue weighted by atomic mass is 10.0. The predicted octanol–water partition coefficient (Wildman–Crippen LogP) is 3.40. The third kappa shape index (κ3) is 2.26. The summed E-state index contributed by atoms with van der Waals surface area (Å²) in [5.74, 6) is 2.07. The normalized spacial score (nSPS) is 27.4. The van der Waals surface area contributed by atoms with Gasteiger partial charge in [-0.05, 0) is 41.5 Å². The summed E-state index contributed by atoms with van der Waals surface area (Å²) in [5.41, 5.74) is 0.852. The second kappa shape index (κ2) is 5.59. The maximum atomic E-state index is 12.9. The van der Waals surface area contributed by atoms with Crippen molar-refractivity contribution in [1.29, 1.82) is 0 Å². The van der Waals surface area contributed by atoms with Crippen LogP contribution < -0.4 is 0 Å². The number of carbonyl (C=O) groups excluding carboxylic acids is 1. The fourth-order valence-corrected chi connectivity index (χ4v) is 5.00. The standard InChI is InChI=1S/C21H24N2O/c24-21(20-10-4-6-15-5-1-2-9-19(15)20)23-13-18(14-23)22-11-16-7-3-8-17(16)12-22/h1-2,4-6,9-10,16-18H,3,7-8,11-14H2. The van der Waals surface area contributed by atoms with Crippen molar-refractivity contribution in [2.24, 2.45) is 11.8 Å². The fraction of sp³-hybridized carbons (Fsp3) is 0.476. The zero-order chi connectivity index (χ0) is 16.1. The highest BCUT2D eigenvalue weighted by molar-refractivity contribution is 6.07. The molecule has 2 unspecified atom stereocenters. The summed E-state index contributed by atoms with van der Waals surface area (Å²) in [5, 5.41) is 2.22. The van der Waals surface area contributed by atoms with Gasteiger partial charge in [0, 0.05) is 37.8 Å². The Kier molecular flexibility index (Phi) is 3.37. The maximum Gasteiger partial charge on any atom is 0.254 e. The van der Waals surface area contributed by atoms with E-state index in [4.69, 9.17) is 0 Å². The predicted molar refractivity (Wildman–Crippen MR) is 96.0 cm³/mol. The lowest BCUT2D eigenvalue weighted by molar-refractivity contribution is 0.0314. The molecule has 2 aromatic carbocycles. The molecule has 0 spiro atoms. The molecule has 0 bridgehead atoms. The molecule has 3 heteroatoms. The Balaban J connectivity index is 1.28. The van der Waals surface area contributed by atoms with Gasteiger partial charge in [0.1, 0.15) is 0 Å². The van der Waals surface area contributed by atoms with Crippen LogP contribution in [0.1, 0.15) is 29.6 Å². The molecule has 1 saturated carbocycles. The maximum absolute atomic E-state index is 12.9. The van der Waals surface area contributed by atoms with Gasteiger partial charge < -0.3 is 4.90 Å². The number of amides is 1. The molecule has 2 atom stereocenters. The van der Waals surface area contributed by atoms with Crippen molar-refractivity contribution in [1.82, 2.24) is 9.80 Å². The molecule has 0 N–H and O–H groups in total. The third-order valence-corrected chi connectivity index (χ3v) is 6.44. The Morgan fingerprint density at radius 1 is 0.875 bits per heavy atom.